The Balaban J connectivity index is 2.45. The molecule has 2 aromatic carbocycles. The lowest BCUT2D eigenvalue weighted by Gasteiger charge is -2.19. The first kappa shape index (κ1) is 18.2. The Labute approximate surface area is 142 Å². The van der Waals surface area contributed by atoms with E-state index in [-0.39, 0.29) is 17.0 Å². The number of rotatable bonds is 6. The third kappa shape index (κ3) is 4.03. The van der Waals surface area contributed by atoms with Crippen LogP contribution >= 0.6 is 11.6 Å². The fourth-order valence-electron chi connectivity index (χ4n) is 2.38. The molecule has 0 spiro atoms. The predicted molar refractivity (Wildman–Crippen MR) is 85.5 cm³/mol. The number of alkyl halides is 4. The number of carbonyl (C=O) groups is 2. The lowest BCUT2D eigenvalue weighted by Crippen LogP contribution is -2.32. The van der Waals surface area contributed by atoms with E-state index >= 15 is 0 Å². The van der Waals surface area contributed by atoms with E-state index in [1.54, 1.807) is 30.3 Å². The molecule has 0 radical (unpaired) electrons. The molecule has 1 atom stereocenters. The first-order chi connectivity index (χ1) is 11.4. The van der Waals surface area contributed by atoms with Gasteiger partial charge in [-0.2, -0.15) is 13.2 Å². The topological polar surface area (TPSA) is 34.1 Å². The average molecular weight is 355 g/mol. The van der Waals surface area contributed by atoms with Crippen LogP contribution in [0, 0.1) is 5.92 Å². The minimum Gasteiger partial charge on any atom is -0.293 e. The molecule has 24 heavy (non-hydrogen) atoms. The molecule has 0 heterocycles. The van der Waals surface area contributed by atoms with Gasteiger partial charge in [-0.25, -0.2) is 0 Å². The van der Waals surface area contributed by atoms with Crippen LogP contribution in [0.3, 0.4) is 0 Å². The molecule has 0 aromatic heterocycles. The van der Waals surface area contributed by atoms with Gasteiger partial charge in [-0.3, -0.25) is 9.59 Å². The van der Waals surface area contributed by atoms with Crippen LogP contribution in [0.25, 0.3) is 0 Å². The highest BCUT2D eigenvalue weighted by molar-refractivity contribution is 6.18. The molecule has 126 valence electrons. The lowest BCUT2D eigenvalue weighted by molar-refractivity contribution is -0.160. The van der Waals surface area contributed by atoms with Crippen LogP contribution in [0.1, 0.15) is 32.7 Å². The van der Waals surface area contributed by atoms with E-state index in [0.717, 1.165) is 0 Å². The maximum Gasteiger partial charge on any atom is 0.399 e. The molecule has 0 amide bonds. The second-order valence-corrected chi connectivity index (χ2v) is 5.55. The van der Waals surface area contributed by atoms with E-state index in [1.807, 2.05) is 0 Å². The Kier molecular flexibility index (Phi) is 5.78. The fourth-order valence-corrected chi connectivity index (χ4v) is 2.60. The molecule has 0 bridgehead atoms. The van der Waals surface area contributed by atoms with Gasteiger partial charge in [0.05, 0.1) is 0 Å². The van der Waals surface area contributed by atoms with Gasteiger partial charge in [0.1, 0.15) is 5.92 Å². The number of benzene rings is 2. The Morgan fingerprint density at radius 2 is 1.46 bits per heavy atom. The summed E-state index contributed by atoms with van der Waals surface area (Å²) in [5.74, 6) is -4.15. The van der Waals surface area contributed by atoms with Crippen molar-refractivity contribution in [2.75, 3.05) is 5.88 Å². The van der Waals surface area contributed by atoms with Crippen molar-refractivity contribution < 1.29 is 22.8 Å². The summed E-state index contributed by atoms with van der Waals surface area (Å²) in [6.45, 7) is 0. The van der Waals surface area contributed by atoms with E-state index in [4.69, 9.17) is 11.6 Å². The maximum absolute atomic E-state index is 13.1. The van der Waals surface area contributed by atoms with Crippen LogP contribution in [-0.4, -0.2) is 23.6 Å². The Bertz CT molecular complexity index is 727. The number of carbonyl (C=O) groups excluding carboxylic acids is 2. The van der Waals surface area contributed by atoms with Gasteiger partial charge in [-0.15, -0.1) is 11.6 Å². The summed E-state index contributed by atoms with van der Waals surface area (Å²) in [5.41, 5.74) is 0.0231. The molecule has 2 aromatic rings. The SMILES string of the molecule is O=C(c1ccccc1)c1ccccc1C(=O)C(CCCl)C(F)(F)F. The van der Waals surface area contributed by atoms with Crippen molar-refractivity contribution in [2.24, 2.45) is 5.92 Å². The van der Waals surface area contributed by atoms with Gasteiger partial charge in [0, 0.05) is 22.6 Å². The van der Waals surface area contributed by atoms with Crippen molar-refractivity contribution in [3.63, 3.8) is 0 Å². The van der Waals surface area contributed by atoms with Crippen molar-refractivity contribution in [3.05, 3.63) is 71.3 Å². The first-order valence-electron chi connectivity index (χ1n) is 7.22. The van der Waals surface area contributed by atoms with Gasteiger partial charge >= 0.3 is 6.18 Å². The summed E-state index contributed by atoms with van der Waals surface area (Å²) in [7, 11) is 0. The van der Waals surface area contributed by atoms with E-state index in [9.17, 15) is 22.8 Å². The molecular formula is C18H14ClF3O2. The van der Waals surface area contributed by atoms with Crippen LogP contribution in [-0.2, 0) is 0 Å². The fraction of sp³-hybridized carbons (Fsp3) is 0.222. The summed E-state index contributed by atoms with van der Waals surface area (Å²) >= 11 is 5.41. The second-order valence-electron chi connectivity index (χ2n) is 5.18. The Morgan fingerprint density at radius 3 is 2.00 bits per heavy atom. The van der Waals surface area contributed by atoms with Crippen molar-refractivity contribution >= 4 is 23.2 Å². The van der Waals surface area contributed by atoms with Gasteiger partial charge in [-0.1, -0.05) is 54.6 Å². The molecule has 0 saturated carbocycles. The molecule has 0 aliphatic heterocycles. The zero-order valence-electron chi connectivity index (χ0n) is 12.5. The molecule has 0 N–H and O–H groups in total. The smallest absolute Gasteiger partial charge is 0.293 e. The number of Topliss-reactive ketones (excluding diaryl/α,β-unsaturated/α-hetero) is 1. The Hall–Kier alpha value is -2.14. The van der Waals surface area contributed by atoms with Crippen LogP contribution in [0.15, 0.2) is 54.6 Å². The summed E-state index contributed by atoms with van der Waals surface area (Å²) in [6, 6.07) is 13.6. The molecule has 2 rings (SSSR count). The lowest BCUT2D eigenvalue weighted by atomic mass is 9.89. The standard InChI is InChI=1S/C18H14ClF3O2/c19-11-10-15(18(20,21)22)17(24)14-9-5-4-8-13(14)16(23)12-6-2-1-3-7-12/h1-9,15H,10-11H2. The third-order valence-corrected chi connectivity index (χ3v) is 3.80. The van der Waals surface area contributed by atoms with Crippen LogP contribution in [0.4, 0.5) is 13.2 Å². The van der Waals surface area contributed by atoms with Gasteiger partial charge in [0.25, 0.3) is 0 Å². The highest BCUT2D eigenvalue weighted by Crippen LogP contribution is 2.33. The number of hydrogen-bond donors (Lipinski definition) is 0. The maximum atomic E-state index is 13.1. The minimum atomic E-state index is -4.71. The van der Waals surface area contributed by atoms with Crippen molar-refractivity contribution in [1.82, 2.24) is 0 Å². The quantitative estimate of drug-likeness (QED) is 0.545. The van der Waals surface area contributed by atoms with Crippen molar-refractivity contribution in [2.45, 2.75) is 12.6 Å². The molecule has 0 aliphatic carbocycles. The van der Waals surface area contributed by atoms with Crippen LogP contribution < -0.4 is 0 Å². The van der Waals surface area contributed by atoms with E-state index in [1.165, 1.54) is 24.3 Å². The normalized spacial score (nSPS) is 12.7. The highest BCUT2D eigenvalue weighted by Gasteiger charge is 2.45. The highest BCUT2D eigenvalue weighted by atomic mass is 35.5. The van der Waals surface area contributed by atoms with Crippen LogP contribution in [0.2, 0.25) is 0 Å². The largest absolute Gasteiger partial charge is 0.399 e. The molecule has 1 unspecified atom stereocenters. The number of halogens is 4. The third-order valence-electron chi connectivity index (χ3n) is 3.58. The predicted octanol–water partition coefficient (Wildman–Crippen LogP) is 4.91. The molecule has 2 nitrogen and oxygen atoms in total. The first-order valence-corrected chi connectivity index (χ1v) is 7.75. The minimum absolute atomic E-state index is 0.0440. The number of ketones is 2. The molecule has 0 aliphatic rings. The summed E-state index contributed by atoms with van der Waals surface area (Å²) < 4.78 is 39.4. The van der Waals surface area contributed by atoms with Gasteiger partial charge in [0.15, 0.2) is 11.6 Å². The average Bonchev–Trinajstić information content (AvgIpc) is 2.58. The zero-order valence-corrected chi connectivity index (χ0v) is 13.3. The summed E-state index contributed by atoms with van der Waals surface area (Å²) in [5, 5.41) is 0. The van der Waals surface area contributed by atoms with E-state index < -0.39 is 30.1 Å². The van der Waals surface area contributed by atoms with Crippen molar-refractivity contribution in [3.8, 4) is 0 Å². The molecule has 6 heteroatoms. The van der Waals surface area contributed by atoms with E-state index in [0.29, 0.717) is 5.56 Å². The van der Waals surface area contributed by atoms with Crippen molar-refractivity contribution in [1.29, 1.82) is 0 Å². The summed E-state index contributed by atoms with van der Waals surface area (Å²) in [4.78, 5) is 24.9. The second kappa shape index (κ2) is 7.62. The van der Waals surface area contributed by atoms with Gasteiger partial charge < -0.3 is 0 Å². The van der Waals surface area contributed by atoms with Gasteiger partial charge in [0.2, 0.25) is 0 Å². The molecule has 0 saturated heterocycles. The van der Waals surface area contributed by atoms with E-state index in [2.05, 4.69) is 0 Å². The van der Waals surface area contributed by atoms with Crippen LogP contribution in [0.5, 0.6) is 0 Å². The zero-order chi connectivity index (χ0) is 17.7. The monoisotopic (exact) mass is 354 g/mol. The summed E-state index contributed by atoms with van der Waals surface area (Å²) in [6.07, 6.45) is -5.24. The molecule has 0 fully saturated rings. The molecular weight excluding hydrogens is 341 g/mol. The van der Waals surface area contributed by atoms with Gasteiger partial charge in [-0.05, 0) is 6.42 Å². The Morgan fingerprint density at radius 1 is 0.917 bits per heavy atom. The number of hydrogen-bond acceptors (Lipinski definition) is 2.